The predicted octanol–water partition coefficient (Wildman–Crippen LogP) is 3.52. The highest BCUT2D eigenvalue weighted by Gasteiger charge is 2.06. The number of hydrogen-bond donors (Lipinski definition) is 0. The molecule has 1 aliphatic heterocycles. The first-order chi connectivity index (χ1) is 8.25. The van der Waals surface area contributed by atoms with Gasteiger partial charge in [-0.15, -0.1) is 0 Å². The van der Waals surface area contributed by atoms with E-state index in [1.54, 1.807) is 30.3 Å². The number of carbonyl (C=O) groups is 1. The lowest BCUT2D eigenvalue weighted by Gasteiger charge is -2.24. The number of carbonyl (C=O) groups excluding carboxylic acids is 1. The van der Waals surface area contributed by atoms with E-state index in [0.29, 0.717) is 10.6 Å². The highest BCUT2D eigenvalue weighted by molar-refractivity contribution is 6.30. The van der Waals surface area contributed by atoms with E-state index in [4.69, 9.17) is 11.6 Å². The second-order valence-corrected chi connectivity index (χ2v) is 4.72. The third kappa shape index (κ3) is 3.60. The summed E-state index contributed by atoms with van der Waals surface area (Å²) in [6, 6.07) is 6.99. The highest BCUT2D eigenvalue weighted by atomic mass is 35.5. The van der Waals surface area contributed by atoms with E-state index in [2.05, 4.69) is 4.90 Å². The Labute approximate surface area is 107 Å². The molecule has 0 atom stereocenters. The van der Waals surface area contributed by atoms with Gasteiger partial charge < -0.3 is 4.90 Å². The van der Waals surface area contributed by atoms with Gasteiger partial charge in [-0.25, -0.2) is 0 Å². The average Bonchev–Trinajstić information content (AvgIpc) is 2.38. The molecular formula is C14H16ClNO. The quantitative estimate of drug-likeness (QED) is 0.603. The van der Waals surface area contributed by atoms with Gasteiger partial charge in [0, 0.05) is 36.0 Å². The van der Waals surface area contributed by atoms with E-state index in [-0.39, 0.29) is 5.78 Å². The molecule has 1 aliphatic rings. The van der Waals surface area contributed by atoms with Gasteiger partial charge in [-0.3, -0.25) is 4.79 Å². The van der Waals surface area contributed by atoms with Gasteiger partial charge in [-0.05, 0) is 43.5 Å². The van der Waals surface area contributed by atoms with Crippen LogP contribution in [0.1, 0.15) is 29.6 Å². The summed E-state index contributed by atoms with van der Waals surface area (Å²) in [4.78, 5) is 14.0. The van der Waals surface area contributed by atoms with E-state index in [1.165, 1.54) is 19.3 Å². The molecule has 1 fully saturated rings. The summed E-state index contributed by atoms with van der Waals surface area (Å²) in [7, 11) is 0. The number of rotatable bonds is 3. The molecule has 17 heavy (non-hydrogen) atoms. The molecule has 0 aromatic heterocycles. The normalized spacial score (nSPS) is 16.4. The molecule has 2 nitrogen and oxygen atoms in total. The second kappa shape index (κ2) is 5.87. The molecule has 1 aromatic carbocycles. The minimum atomic E-state index is 0.0345. The van der Waals surface area contributed by atoms with Gasteiger partial charge in [-0.2, -0.15) is 0 Å². The van der Waals surface area contributed by atoms with Crippen molar-refractivity contribution in [3.8, 4) is 0 Å². The van der Waals surface area contributed by atoms with Gasteiger partial charge in [0.2, 0.25) is 0 Å². The Bertz CT molecular complexity index is 405. The number of ketones is 1. The van der Waals surface area contributed by atoms with E-state index in [1.807, 2.05) is 6.20 Å². The SMILES string of the molecule is O=C(/C=C\N1CCCCC1)c1ccc(Cl)cc1. The lowest BCUT2D eigenvalue weighted by Crippen LogP contribution is -2.24. The molecule has 0 spiro atoms. The van der Waals surface area contributed by atoms with Gasteiger partial charge in [0.05, 0.1) is 0 Å². The van der Waals surface area contributed by atoms with Crippen LogP contribution < -0.4 is 0 Å². The first-order valence-electron chi connectivity index (χ1n) is 5.98. The largest absolute Gasteiger partial charge is 0.377 e. The fraction of sp³-hybridized carbons (Fsp3) is 0.357. The summed E-state index contributed by atoms with van der Waals surface area (Å²) in [6.45, 7) is 2.12. The van der Waals surface area contributed by atoms with Crippen LogP contribution in [0.3, 0.4) is 0 Å². The van der Waals surface area contributed by atoms with E-state index >= 15 is 0 Å². The minimum absolute atomic E-state index is 0.0345. The third-order valence-corrected chi connectivity index (χ3v) is 3.21. The number of likely N-dealkylation sites (tertiary alicyclic amines) is 1. The molecule has 1 saturated heterocycles. The molecule has 0 N–H and O–H groups in total. The van der Waals surface area contributed by atoms with Gasteiger partial charge in [0.1, 0.15) is 0 Å². The summed E-state index contributed by atoms with van der Waals surface area (Å²) in [6.07, 6.45) is 7.30. The number of hydrogen-bond acceptors (Lipinski definition) is 2. The van der Waals surface area contributed by atoms with Crippen molar-refractivity contribution in [3.05, 3.63) is 47.1 Å². The van der Waals surface area contributed by atoms with Crippen molar-refractivity contribution >= 4 is 17.4 Å². The molecular weight excluding hydrogens is 234 g/mol. The van der Waals surface area contributed by atoms with Crippen LogP contribution in [0.25, 0.3) is 0 Å². The van der Waals surface area contributed by atoms with Gasteiger partial charge in [0.25, 0.3) is 0 Å². The molecule has 0 saturated carbocycles. The molecule has 2 rings (SSSR count). The molecule has 0 amide bonds. The van der Waals surface area contributed by atoms with E-state index < -0.39 is 0 Å². The summed E-state index contributed by atoms with van der Waals surface area (Å²) >= 11 is 5.78. The number of piperidine rings is 1. The molecule has 0 radical (unpaired) electrons. The van der Waals surface area contributed by atoms with E-state index in [9.17, 15) is 4.79 Å². The van der Waals surface area contributed by atoms with Crippen molar-refractivity contribution < 1.29 is 4.79 Å². The van der Waals surface area contributed by atoms with Crippen LogP contribution >= 0.6 is 11.6 Å². The van der Waals surface area contributed by atoms with Crippen molar-refractivity contribution in [2.75, 3.05) is 13.1 Å². The van der Waals surface area contributed by atoms with Crippen LogP contribution in [0.2, 0.25) is 5.02 Å². The number of benzene rings is 1. The van der Waals surface area contributed by atoms with Gasteiger partial charge >= 0.3 is 0 Å². The Morgan fingerprint density at radius 2 is 1.76 bits per heavy atom. The number of halogens is 1. The van der Waals surface area contributed by atoms with Gasteiger partial charge in [0.15, 0.2) is 5.78 Å². The van der Waals surface area contributed by atoms with Crippen molar-refractivity contribution in [2.45, 2.75) is 19.3 Å². The van der Waals surface area contributed by atoms with Crippen molar-refractivity contribution in [3.63, 3.8) is 0 Å². The van der Waals surface area contributed by atoms with Gasteiger partial charge in [-0.1, -0.05) is 11.6 Å². The average molecular weight is 250 g/mol. The summed E-state index contributed by atoms with van der Waals surface area (Å²) in [5.74, 6) is 0.0345. The van der Waals surface area contributed by atoms with Crippen LogP contribution in [0.15, 0.2) is 36.5 Å². The maximum atomic E-state index is 11.8. The molecule has 1 aromatic rings. The number of allylic oxidation sites excluding steroid dienone is 1. The third-order valence-electron chi connectivity index (χ3n) is 2.96. The topological polar surface area (TPSA) is 20.3 Å². The molecule has 0 unspecified atom stereocenters. The summed E-state index contributed by atoms with van der Waals surface area (Å²) in [5, 5.41) is 0.654. The summed E-state index contributed by atoms with van der Waals surface area (Å²) < 4.78 is 0. The van der Waals surface area contributed by atoms with Crippen molar-refractivity contribution in [2.24, 2.45) is 0 Å². The van der Waals surface area contributed by atoms with E-state index in [0.717, 1.165) is 13.1 Å². The fourth-order valence-electron chi connectivity index (χ4n) is 1.95. The Balaban J connectivity index is 1.96. The Morgan fingerprint density at radius 3 is 2.41 bits per heavy atom. The van der Waals surface area contributed by atoms with Crippen molar-refractivity contribution in [1.82, 2.24) is 4.90 Å². The van der Waals surface area contributed by atoms with Crippen LogP contribution in [0, 0.1) is 0 Å². The van der Waals surface area contributed by atoms with Crippen molar-refractivity contribution in [1.29, 1.82) is 0 Å². The standard InChI is InChI=1S/C14H16ClNO/c15-13-6-4-12(5-7-13)14(17)8-11-16-9-2-1-3-10-16/h4-8,11H,1-3,9-10H2/b11-8-. The molecule has 0 bridgehead atoms. The monoisotopic (exact) mass is 249 g/mol. The maximum absolute atomic E-state index is 11.8. The smallest absolute Gasteiger partial charge is 0.187 e. The van der Waals surface area contributed by atoms with Crippen LogP contribution in [-0.4, -0.2) is 23.8 Å². The molecule has 3 heteroatoms. The Kier molecular flexibility index (Phi) is 4.21. The first kappa shape index (κ1) is 12.2. The molecule has 1 heterocycles. The zero-order valence-corrected chi connectivity index (χ0v) is 10.5. The lowest BCUT2D eigenvalue weighted by atomic mass is 10.1. The maximum Gasteiger partial charge on any atom is 0.187 e. The van der Waals surface area contributed by atoms with Crippen LogP contribution in [-0.2, 0) is 0 Å². The molecule has 90 valence electrons. The van der Waals surface area contributed by atoms with Crippen LogP contribution in [0.5, 0.6) is 0 Å². The Hall–Kier alpha value is -1.28. The predicted molar refractivity (Wildman–Crippen MR) is 70.3 cm³/mol. The summed E-state index contributed by atoms with van der Waals surface area (Å²) in [5.41, 5.74) is 0.683. The molecule has 0 aliphatic carbocycles. The number of nitrogens with zero attached hydrogens (tertiary/aromatic N) is 1. The minimum Gasteiger partial charge on any atom is -0.377 e. The zero-order valence-electron chi connectivity index (χ0n) is 9.73. The highest BCUT2D eigenvalue weighted by Crippen LogP contribution is 2.12. The second-order valence-electron chi connectivity index (χ2n) is 4.28. The zero-order chi connectivity index (χ0) is 12.1. The fourth-order valence-corrected chi connectivity index (χ4v) is 2.08. The Morgan fingerprint density at radius 1 is 1.12 bits per heavy atom. The lowest BCUT2D eigenvalue weighted by molar-refractivity contribution is 0.104. The van der Waals surface area contributed by atoms with Crippen LogP contribution in [0.4, 0.5) is 0 Å². The first-order valence-corrected chi connectivity index (χ1v) is 6.36.